The predicted octanol–water partition coefficient (Wildman–Crippen LogP) is 13.8. The average molecular weight is 628 g/mol. The Hall–Kier alpha value is -5.96. The second-order valence-electron chi connectivity index (χ2n) is 12.5. The zero-order valence-corrected chi connectivity index (χ0v) is 26.9. The summed E-state index contributed by atoms with van der Waals surface area (Å²) in [6.45, 7) is 0. The SMILES string of the molecule is c1ccc(-c2cccc(N(c3cc4ccc5ccccc5c4c4ccccc34)c3cc4ccccc4c4c3sc3ccccc34)c2)cc1. The lowest BCUT2D eigenvalue weighted by atomic mass is 9.94. The highest BCUT2D eigenvalue weighted by molar-refractivity contribution is 7.26. The van der Waals surface area contributed by atoms with Crippen molar-refractivity contribution in [2.24, 2.45) is 0 Å². The van der Waals surface area contributed by atoms with Crippen LogP contribution in [0.5, 0.6) is 0 Å². The summed E-state index contributed by atoms with van der Waals surface area (Å²) in [6.07, 6.45) is 0. The van der Waals surface area contributed by atoms with Crippen LogP contribution in [0.2, 0.25) is 0 Å². The first-order valence-corrected chi connectivity index (χ1v) is 17.3. The highest BCUT2D eigenvalue weighted by atomic mass is 32.1. The lowest BCUT2D eigenvalue weighted by Crippen LogP contribution is -2.11. The van der Waals surface area contributed by atoms with Gasteiger partial charge in [0, 0.05) is 26.5 Å². The van der Waals surface area contributed by atoms with Gasteiger partial charge in [0.2, 0.25) is 0 Å². The Morgan fingerprint density at radius 2 is 0.958 bits per heavy atom. The summed E-state index contributed by atoms with van der Waals surface area (Å²) in [5.74, 6) is 0. The minimum absolute atomic E-state index is 1.13. The second-order valence-corrected chi connectivity index (χ2v) is 13.5. The minimum atomic E-state index is 1.13. The molecule has 10 rings (SSSR count). The number of hydrogen-bond donors (Lipinski definition) is 0. The molecular weight excluding hydrogens is 599 g/mol. The molecule has 0 saturated carbocycles. The quantitative estimate of drug-likeness (QED) is 0.176. The van der Waals surface area contributed by atoms with E-state index in [1.165, 1.54) is 85.8 Å². The number of anilines is 3. The zero-order valence-electron chi connectivity index (χ0n) is 26.1. The molecule has 0 aliphatic heterocycles. The summed E-state index contributed by atoms with van der Waals surface area (Å²) >= 11 is 1.89. The minimum Gasteiger partial charge on any atom is -0.308 e. The molecule has 48 heavy (non-hydrogen) atoms. The fourth-order valence-corrected chi connectivity index (χ4v) is 8.85. The third-order valence-corrected chi connectivity index (χ3v) is 11.0. The molecule has 1 heterocycles. The Morgan fingerprint density at radius 3 is 1.79 bits per heavy atom. The molecule has 1 nitrogen and oxygen atoms in total. The van der Waals surface area contributed by atoms with Crippen molar-refractivity contribution in [3.63, 3.8) is 0 Å². The largest absolute Gasteiger partial charge is 0.308 e. The van der Waals surface area contributed by atoms with E-state index in [9.17, 15) is 0 Å². The van der Waals surface area contributed by atoms with Crippen LogP contribution in [0.4, 0.5) is 17.1 Å². The Morgan fingerprint density at radius 1 is 0.354 bits per heavy atom. The first-order chi connectivity index (χ1) is 23.8. The van der Waals surface area contributed by atoms with E-state index < -0.39 is 0 Å². The molecular formula is C46H29NS. The van der Waals surface area contributed by atoms with Gasteiger partial charge in [-0.15, -0.1) is 11.3 Å². The monoisotopic (exact) mass is 627 g/mol. The molecule has 10 aromatic rings. The molecule has 0 amide bonds. The Balaban J connectivity index is 1.36. The second kappa shape index (κ2) is 10.8. The van der Waals surface area contributed by atoms with Gasteiger partial charge in [-0.3, -0.25) is 0 Å². The van der Waals surface area contributed by atoms with Gasteiger partial charge in [0.15, 0.2) is 0 Å². The van der Waals surface area contributed by atoms with Crippen molar-refractivity contribution >= 4 is 91.7 Å². The molecule has 0 N–H and O–H groups in total. The first kappa shape index (κ1) is 27.2. The van der Waals surface area contributed by atoms with Crippen molar-refractivity contribution in [3.05, 3.63) is 176 Å². The molecule has 0 aliphatic carbocycles. The van der Waals surface area contributed by atoms with Crippen molar-refractivity contribution in [2.75, 3.05) is 4.90 Å². The van der Waals surface area contributed by atoms with Crippen molar-refractivity contribution in [2.45, 2.75) is 0 Å². The number of thiophene rings is 1. The summed E-state index contributed by atoms with van der Waals surface area (Å²) in [6, 6.07) is 64.5. The van der Waals surface area contributed by atoms with E-state index in [1.54, 1.807) is 0 Å². The summed E-state index contributed by atoms with van der Waals surface area (Å²) in [4.78, 5) is 2.52. The molecule has 2 heteroatoms. The predicted molar refractivity (Wildman–Crippen MR) is 209 cm³/mol. The maximum atomic E-state index is 2.52. The number of fused-ring (bicyclic) bond motifs is 10. The van der Waals surface area contributed by atoms with Gasteiger partial charge >= 0.3 is 0 Å². The van der Waals surface area contributed by atoms with Crippen LogP contribution in [0.15, 0.2) is 176 Å². The zero-order chi connectivity index (χ0) is 31.6. The van der Waals surface area contributed by atoms with Crippen LogP contribution in [0, 0.1) is 0 Å². The molecule has 0 spiro atoms. The van der Waals surface area contributed by atoms with Crippen LogP contribution in [0.25, 0.3) is 74.4 Å². The van der Waals surface area contributed by atoms with Gasteiger partial charge in [0.1, 0.15) is 0 Å². The maximum absolute atomic E-state index is 2.52. The molecule has 0 saturated heterocycles. The third-order valence-electron chi connectivity index (χ3n) is 9.77. The van der Waals surface area contributed by atoms with Crippen LogP contribution in [0.3, 0.4) is 0 Å². The van der Waals surface area contributed by atoms with Crippen LogP contribution in [-0.2, 0) is 0 Å². The smallest absolute Gasteiger partial charge is 0.0647 e. The van der Waals surface area contributed by atoms with E-state index in [1.807, 2.05) is 11.3 Å². The van der Waals surface area contributed by atoms with Crippen LogP contribution in [0.1, 0.15) is 0 Å². The Bertz CT molecular complexity index is 2850. The fraction of sp³-hybridized carbons (Fsp3) is 0. The first-order valence-electron chi connectivity index (χ1n) is 16.4. The maximum Gasteiger partial charge on any atom is 0.0647 e. The van der Waals surface area contributed by atoms with E-state index in [4.69, 9.17) is 0 Å². The molecule has 0 unspecified atom stereocenters. The van der Waals surface area contributed by atoms with Crippen LogP contribution >= 0.6 is 11.3 Å². The van der Waals surface area contributed by atoms with Gasteiger partial charge in [-0.05, 0) is 79.2 Å². The highest BCUT2D eigenvalue weighted by Crippen LogP contribution is 2.50. The fourth-order valence-electron chi connectivity index (χ4n) is 7.63. The van der Waals surface area contributed by atoms with Crippen LogP contribution < -0.4 is 4.90 Å². The standard InChI is InChI=1S/C46H29NS/c1-2-13-30(14-3-1)32-17-12-18-35(27-32)47(42-28-33-16-5-7-20-37(33)45-40-23-10-11-24-43(40)48-46(42)45)41-29-34-26-25-31-15-4-6-19-36(31)44(34)39-22-9-8-21-38(39)41/h1-29H. The van der Waals surface area contributed by atoms with Crippen molar-refractivity contribution < 1.29 is 0 Å². The average Bonchev–Trinajstić information content (AvgIpc) is 3.56. The number of hydrogen-bond acceptors (Lipinski definition) is 2. The van der Waals surface area contributed by atoms with Gasteiger partial charge in [0.25, 0.3) is 0 Å². The number of rotatable bonds is 4. The molecule has 0 aliphatic rings. The molecule has 224 valence electrons. The van der Waals surface area contributed by atoms with E-state index in [-0.39, 0.29) is 0 Å². The molecule has 0 fully saturated rings. The number of nitrogens with zero attached hydrogens (tertiary/aromatic N) is 1. The lowest BCUT2D eigenvalue weighted by Gasteiger charge is -2.29. The van der Waals surface area contributed by atoms with Gasteiger partial charge < -0.3 is 4.90 Å². The van der Waals surface area contributed by atoms with Crippen molar-refractivity contribution in [1.29, 1.82) is 0 Å². The van der Waals surface area contributed by atoms with E-state index >= 15 is 0 Å². The van der Waals surface area contributed by atoms with E-state index in [0.717, 1.165) is 5.69 Å². The normalized spacial score (nSPS) is 11.8. The van der Waals surface area contributed by atoms with Gasteiger partial charge in [0.05, 0.1) is 16.1 Å². The van der Waals surface area contributed by atoms with Crippen molar-refractivity contribution in [1.82, 2.24) is 0 Å². The molecule has 0 radical (unpaired) electrons. The summed E-state index contributed by atoms with van der Waals surface area (Å²) < 4.78 is 2.60. The van der Waals surface area contributed by atoms with Crippen molar-refractivity contribution in [3.8, 4) is 11.1 Å². The molecule has 0 atom stereocenters. The lowest BCUT2D eigenvalue weighted by molar-refractivity contribution is 1.32. The topological polar surface area (TPSA) is 3.24 Å². The van der Waals surface area contributed by atoms with Crippen LogP contribution in [-0.4, -0.2) is 0 Å². The number of benzene rings is 9. The van der Waals surface area contributed by atoms with E-state index in [0.29, 0.717) is 0 Å². The molecule has 9 aromatic carbocycles. The van der Waals surface area contributed by atoms with Gasteiger partial charge in [-0.25, -0.2) is 0 Å². The molecule has 0 bridgehead atoms. The molecule has 1 aromatic heterocycles. The third kappa shape index (κ3) is 4.17. The highest BCUT2D eigenvalue weighted by Gasteiger charge is 2.23. The van der Waals surface area contributed by atoms with E-state index in [2.05, 4.69) is 181 Å². The summed E-state index contributed by atoms with van der Waals surface area (Å²) in [5.41, 5.74) is 5.91. The van der Waals surface area contributed by atoms with Gasteiger partial charge in [-0.2, -0.15) is 0 Å². The Kier molecular flexibility index (Phi) is 6.12. The Labute approximate surface area is 282 Å². The van der Waals surface area contributed by atoms with Gasteiger partial charge in [-0.1, -0.05) is 146 Å². The summed E-state index contributed by atoms with van der Waals surface area (Å²) in [7, 11) is 0. The summed E-state index contributed by atoms with van der Waals surface area (Å²) in [5, 5.41) is 12.7.